The topological polar surface area (TPSA) is 51.1 Å². The Labute approximate surface area is 204 Å². The van der Waals surface area contributed by atoms with Crippen molar-refractivity contribution in [3.05, 3.63) is 78.4 Å². The fourth-order valence-corrected chi connectivity index (χ4v) is 4.18. The van der Waals surface area contributed by atoms with Crippen LogP contribution in [0.5, 0.6) is 11.5 Å². The number of nitrogens with zero attached hydrogens (tertiary/aromatic N) is 2. The molecule has 0 aromatic heterocycles. The summed E-state index contributed by atoms with van der Waals surface area (Å²) in [4.78, 5) is 20.1. The maximum Gasteiger partial charge on any atom is 0.231 e. The Morgan fingerprint density at radius 3 is 2.42 bits per heavy atom. The molecule has 3 aromatic carbocycles. The number of anilines is 1. The highest BCUT2D eigenvalue weighted by molar-refractivity contribution is 8.93. The molecule has 0 atom stereocenters. The van der Waals surface area contributed by atoms with Crippen molar-refractivity contribution in [1.82, 2.24) is 0 Å². The normalized spacial score (nSPS) is 14.6. The van der Waals surface area contributed by atoms with Crippen molar-refractivity contribution in [2.45, 2.75) is 25.7 Å². The zero-order chi connectivity index (χ0) is 21.8. The maximum atomic E-state index is 13.3. The Hall–Kier alpha value is -3.12. The van der Waals surface area contributed by atoms with Gasteiger partial charge in [0.15, 0.2) is 17.3 Å². The molecule has 0 spiro atoms. The number of ether oxygens (including phenoxy) is 2. The van der Waals surface area contributed by atoms with E-state index in [2.05, 4.69) is 12.1 Å². The lowest BCUT2D eigenvalue weighted by Crippen LogP contribution is -2.36. The fraction of sp³-hybridized carbons (Fsp3) is 0.259. The predicted molar refractivity (Wildman–Crippen MR) is 137 cm³/mol. The second-order valence-electron chi connectivity index (χ2n) is 8.10. The lowest BCUT2D eigenvalue weighted by Gasteiger charge is -2.26. The van der Waals surface area contributed by atoms with E-state index in [-0.39, 0.29) is 36.1 Å². The molecule has 3 aromatic rings. The highest BCUT2D eigenvalue weighted by Gasteiger charge is 2.22. The van der Waals surface area contributed by atoms with E-state index in [4.69, 9.17) is 14.5 Å². The first-order chi connectivity index (χ1) is 15.8. The molecule has 0 saturated heterocycles. The van der Waals surface area contributed by atoms with Crippen LogP contribution in [-0.4, -0.2) is 31.5 Å². The molecule has 0 radical (unpaired) electrons. The van der Waals surface area contributed by atoms with Crippen LogP contribution in [0.15, 0.2) is 77.8 Å². The molecule has 0 saturated carbocycles. The number of carbonyl (C=O) groups is 1. The van der Waals surface area contributed by atoms with Crippen LogP contribution < -0.4 is 14.4 Å². The Kier molecular flexibility index (Phi) is 7.45. The van der Waals surface area contributed by atoms with E-state index in [1.54, 1.807) is 0 Å². The molecule has 5 rings (SSSR count). The van der Waals surface area contributed by atoms with E-state index < -0.39 is 0 Å². The fourth-order valence-electron chi connectivity index (χ4n) is 4.18. The summed E-state index contributed by atoms with van der Waals surface area (Å²) in [6.07, 6.45) is 4.21. The van der Waals surface area contributed by atoms with Gasteiger partial charge in [0.05, 0.1) is 6.54 Å². The number of benzene rings is 3. The first kappa shape index (κ1) is 23.1. The van der Waals surface area contributed by atoms with Crippen LogP contribution in [0, 0.1) is 0 Å². The minimum absolute atomic E-state index is 0. The largest absolute Gasteiger partial charge is 0.454 e. The van der Waals surface area contributed by atoms with E-state index >= 15 is 0 Å². The smallest absolute Gasteiger partial charge is 0.231 e. The number of aliphatic imine (C=N–C) groups is 1. The van der Waals surface area contributed by atoms with Crippen LogP contribution in [0.1, 0.15) is 36.0 Å². The number of Topliss-reactive ketones (excluding diaryl/α,β-unsaturated/α-hetero) is 1. The average molecular weight is 507 g/mol. The summed E-state index contributed by atoms with van der Waals surface area (Å²) in [6.45, 7) is 1.27. The molecule has 5 nitrogen and oxygen atoms in total. The van der Waals surface area contributed by atoms with Gasteiger partial charge in [0.2, 0.25) is 6.79 Å². The van der Waals surface area contributed by atoms with Crippen molar-refractivity contribution in [1.29, 1.82) is 0 Å². The van der Waals surface area contributed by atoms with Gasteiger partial charge in [-0.05, 0) is 36.1 Å². The molecule has 2 aliphatic heterocycles. The van der Waals surface area contributed by atoms with Gasteiger partial charge in [-0.25, -0.2) is 0 Å². The molecular formula is C27H27BrN2O3. The Morgan fingerprint density at radius 2 is 1.61 bits per heavy atom. The van der Waals surface area contributed by atoms with Crippen molar-refractivity contribution < 1.29 is 14.3 Å². The Morgan fingerprint density at radius 1 is 0.848 bits per heavy atom. The van der Waals surface area contributed by atoms with Gasteiger partial charge in [-0.3, -0.25) is 9.79 Å². The summed E-state index contributed by atoms with van der Waals surface area (Å²) in [5.41, 5.74) is 3.85. The van der Waals surface area contributed by atoms with Gasteiger partial charge in [-0.15, -0.1) is 17.0 Å². The molecule has 2 heterocycles. The third-order valence-electron chi connectivity index (χ3n) is 5.95. The number of hydrogen-bond acceptors (Lipinski definition) is 5. The molecule has 170 valence electrons. The molecule has 0 fully saturated rings. The van der Waals surface area contributed by atoms with Gasteiger partial charge in [0.25, 0.3) is 0 Å². The van der Waals surface area contributed by atoms with Crippen LogP contribution in [0.3, 0.4) is 0 Å². The second-order valence-corrected chi connectivity index (χ2v) is 8.10. The summed E-state index contributed by atoms with van der Waals surface area (Å²) < 4.78 is 11.0. The molecular weight excluding hydrogens is 480 g/mol. The van der Waals surface area contributed by atoms with Crippen LogP contribution in [-0.2, 0) is 0 Å². The van der Waals surface area contributed by atoms with Gasteiger partial charge in [0, 0.05) is 30.3 Å². The molecule has 2 aliphatic rings. The van der Waals surface area contributed by atoms with Gasteiger partial charge < -0.3 is 14.4 Å². The van der Waals surface area contributed by atoms with E-state index in [1.807, 2.05) is 65.6 Å². The standard InChI is InChI=1S/C27H26N2O3.BrH/c30-24(22-12-10-21(11-13-22)20-7-3-1-4-8-20)18-29(27-9-5-2-6-16-28-27)23-14-15-25-26(17-23)32-19-31-25;/h1,3-4,7-8,10-15,17H,2,5-6,9,16,18-19H2;1H. The molecule has 0 amide bonds. The van der Waals surface area contributed by atoms with Gasteiger partial charge in [-0.1, -0.05) is 61.0 Å². The maximum absolute atomic E-state index is 13.3. The highest BCUT2D eigenvalue weighted by atomic mass is 79.9. The number of fused-ring (bicyclic) bond motifs is 1. The summed E-state index contributed by atoms with van der Waals surface area (Å²) in [5.74, 6) is 2.48. The minimum atomic E-state index is 0. The van der Waals surface area contributed by atoms with Crippen molar-refractivity contribution in [3.63, 3.8) is 0 Å². The lowest BCUT2D eigenvalue weighted by atomic mass is 10.0. The average Bonchev–Trinajstić information content (AvgIpc) is 3.15. The third-order valence-corrected chi connectivity index (χ3v) is 5.95. The van der Waals surface area contributed by atoms with Gasteiger partial charge in [-0.2, -0.15) is 0 Å². The van der Waals surface area contributed by atoms with E-state index in [9.17, 15) is 4.79 Å². The predicted octanol–water partition coefficient (Wildman–Crippen LogP) is 6.32. The number of ketones is 1. The Bertz CT molecular complexity index is 1130. The van der Waals surface area contributed by atoms with Crippen LogP contribution in [0.25, 0.3) is 11.1 Å². The van der Waals surface area contributed by atoms with Gasteiger partial charge in [0.1, 0.15) is 5.84 Å². The number of rotatable bonds is 5. The summed E-state index contributed by atoms with van der Waals surface area (Å²) in [5, 5.41) is 0. The Balaban J connectivity index is 0.00000259. The number of carbonyl (C=O) groups excluding carboxylic acids is 1. The number of amidine groups is 1. The summed E-state index contributed by atoms with van der Waals surface area (Å²) >= 11 is 0. The summed E-state index contributed by atoms with van der Waals surface area (Å²) in [7, 11) is 0. The SMILES string of the molecule is Br.O=C(CN(C1=NCCCCC1)c1ccc2c(c1)OCO2)c1ccc(-c2ccccc2)cc1. The van der Waals surface area contributed by atoms with E-state index in [0.29, 0.717) is 11.3 Å². The minimum Gasteiger partial charge on any atom is -0.454 e. The highest BCUT2D eigenvalue weighted by Crippen LogP contribution is 2.36. The van der Waals surface area contributed by atoms with Crippen molar-refractivity contribution in [3.8, 4) is 22.6 Å². The molecule has 0 N–H and O–H groups in total. The summed E-state index contributed by atoms with van der Waals surface area (Å²) in [6, 6.07) is 23.9. The van der Waals surface area contributed by atoms with E-state index in [0.717, 1.165) is 60.6 Å². The van der Waals surface area contributed by atoms with Crippen molar-refractivity contribution in [2.24, 2.45) is 4.99 Å². The van der Waals surface area contributed by atoms with E-state index in [1.165, 1.54) is 0 Å². The molecule has 0 unspecified atom stereocenters. The number of halogens is 1. The zero-order valence-electron chi connectivity index (χ0n) is 18.4. The van der Waals surface area contributed by atoms with Crippen LogP contribution in [0.4, 0.5) is 5.69 Å². The number of hydrogen-bond donors (Lipinski definition) is 0. The molecule has 6 heteroatoms. The van der Waals surface area contributed by atoms with Crippen LogP contribution >= 0.6 is 17.0 Å². The molecule has 33 heavy (non-hydrogen) atoms. The lowest BCUT2D eigenvalue weighted by molar-refractivity contribution is 0.100. The molecule has 0 aliphatic carbocycles. The monoisotopic (exact) mass is 506 g/mol. The van der Waals surface area contributed by atoms with Crippen molar-refractivity contribution in [2.75, 3.05) is 24.8 Å². The van der Waals surface area contributed by atoms with Crippen molar-refractivity contribution >= 4 is 34.3 Å². The first-order valence-electron chi connectivity index (χ1n) is 11.2. The first-order valence-corrected chi connectivity index (χ1v) is 11.2. The van der Waals surface area contributed by atoms with Crippen LogP contribution in [0.2, 0.25) is 0 Å². The van der Waals surface area contributed by atoms with Gasteiger partial charge >= 0.3 is 0 Å². The zero-order valence-corrected chi connectivity index (χ0v) is 20.1. The molecule has 0 bridgehead atoms. The third kappa shape index (κ3) is 5.28. The quantitative estimate of drug-likeness (QED) is 0.379. The second kappa shape index (κ2) is 10.7.